The van der Waals surface area contributed by atoms with Crippen LogP contribution in [-0.4, -0.2) is 41.0 Å². The van der Waals surface area contributed by atoms with E-state index in [9.17, 15) is 18.8 Å². The molecule has 0 bridgehead atoms. The number of amides is 1. The average Bonchev–Trinajstić information content (AvgIpc) is 3.26. The van der Waals surface area contributed by atoms with E-state index in [1.54, 1.807) is 16.7 Å². The lowest BCUT2D eigenvalue weighted by Gasteiger charge is -2.33. The molecule has 2 saturated heterocycles. The summed E-state index contributed by atoms with van der Waals surface area (Å²) in [6.45, 7) is -0.438. The van der Waals surface area contributed by atoms with Gasteiger partial charge in [-0.05, 0) is 36.2 Å². The van der Waals surface area contributed by atoms with E-state index in [1.165, 1.54) is 24.3 Å². The summed E-state index contributed by atoms with van der Waals surface area (Å²) >= 11 is 1.56. The highest BCUT2D eigenvalue weighted by atomic mass is 32.2. The van der Waals surface area contributed by atoms with E-state index in [0.29, 0.717) is 18.6 Å². The monoisotopic (exact) mass is 399 g/mol. The van der Waals surface area contributed by atoms with Crippen molar-refractivity contribution in [2.45, 2.75) is 23.8 Å². The number of carbonyl (C=O) groups is 3. The van der Waals surface area contributed by atoms with Crippen LogP contribution in [0.4, 0.5) is 4.39 Å². The maximum absolute atomic E-state index is 13.0. The first-order chi connectivity index (χ1) is 13.5. The molecule has 0 N–H and O–H groups in total. The SMILES string of the molecule is O=C(COC(=O)[C@@H]1CS[C@]2(c3ccccc3)CCC(=O)N12)c1ccc(F)cc1. The van der Waals surface area contributed by atoms with Gasteiger partial charge in [0, 0.05) is 17.7 Å². The first-order valence-corrected chi connectivity index (χ1v) is 9.97. The molecule has 7 heteroatoms. The molecule has 0 unspecified atom stereocenters. The number of halogens is 1. The molecular weight excluding hydrogens is 381 g/mol. The Balaban J connectivity index is 1.47. The van der Waals surface area contributed by atoms with Crippen molar-refractivity contribution < 1.29 is 23.5 Å². The quantitative estimate of drug-likeness (QED) is 0.571. The minimum Gasteiger partial charge on any atom is -0.456 e. The first-order valence-electron chi connectivity index (χ1n) is 8.98. The fourth-order valence-corrected chi connectivity index (χ4v) is 5.40. The van der Waals surface area contributed by atoms with Crippen LogP contribution in [0.1, 0.15) is 28.8 Å². The van der Waals surface area contributed by atoms with Crippen LogP contribution in [0.3, 0.4) is 0 Å². The van der Waals surface area contributed by atoms with Crippen molar-refractivity contribution in [2.75, 3.05) is 12.4 Å². The van der Waals surface area contributed by atoms with Crippen molar-refractivity contribution in [1.29, 1.82) is 0 Å². The van der Waals surface area contributed by atoms with E-state index < -0.39 is 35.1 Å². The maximum atomic E-state index is 13.0. The summed E-state index contributed by atoms with van der Waals surface area (Å²) in [6.07, 6.45) is 1.01. The highest BCUT2D eigenvalue weighted by molar-refractivity contribution is 8.00. The summed E-state index contributed by atoms with van der Waals surface area (Å²) in [5.74, 6) is -1.11. The summed E-state index contributed by atoms with van der Waals surface area (Å²) in [4.78, 5) is 38.4. The molecule has 5 nitrogen and oxygen atoms in total. The van der Waals surface area contributed by atoms with Gasteiger partial charge in [-0.15, -0.1) is 11.8 Å². The molecule has 2 fully saturated rings. The number of hydrogen-bond acceptors (Lipinski definition) is 5. The summed E-state index contributed by atoms with van der Waals surface area (Å²) in [5, 5.41) is 0. The molecule has 2 aromatic carbocycles. The Kier molecular flexibility index (Phi) is 4.93. The zero-order valence-electron chi connectivity index (χ0n) is 15.0. The van der Waals surface area contributed by atoms with Crippen LogP contribution in [0.5, 0.6) is 0 Å². The number of thioether (sulfide) groups is 1. The number of ketones is 1. The minimum absolute atomic E-state index is 0.0827. The topological polar surface area (TPSA) is 63.7 Å². The number of hydrogen-bond donors (Lipinski definition) is 0. The predicted octanol–water partition coefficient (Wildman–Crippen LogP) is 3.14. The van der Waals surface area contributed by atoms with Crippen LogP contribution in [0, 0.1) is 5.82 Å². The molecule has 4 rings (SSSR count). The van der Waals surface area contributed by atoms with Crippen LogP contribution in [-0.2, 0) is 19.2 Å². The third-order valence-corrected chi connectivity index (χ3v) is 6.73. The summed E-state index contributed by atoms with van der Waals surface area (Å²) in [7, 11) is 0. The number of benzene rings is 2. The normalized spacial score (nSPS) is 23.5. The molecule has 28 heavy (non-hydrogen) atoms. The smallest absolute Gasteiger partial charge is 0.330 e. The Morgan fingerprint density at radius 1 is 1.14 bits per heavy atom. The largest absolute Gasteiger partial charge is 0.456 e. The molecule has 0 aromatic heterocycles. The third-order valence-electron chi connectivity index (χ3n) is 5.14. The van der Waals surface area contributed by atoms with Gasteiger partial charge in [-0.25, -0.2) is 9.18 Å². The predicted molar refractivity (Wildman–Crippen MR) is 102 cm³/mol. The Morgan fingerprint density at radius 2 is 1.86 bits per heavy atom. The third kappa shape index (κ3) is 3.20. The van der Waals surface area contributed by atoms with E-state index in [4.69, 9.17) is 4.74 Å². The van der Waals surface area contributed by atoms with Crippen molar-refractivity contribution in [3.63, 3.8) is 0 Å². The second-order valence-electron chi connectivity index (χ2n) is 6.78. The van der Waals surface area contributed by atoms with Crippen molar-refractivity contribution in [1.82, 2.24) is 4.90 Å². The van der Waals surface area contributed by atoms with Gasteiger partial charge < -0.3 is 9.64 Å². The Bertz CT molecular complexity index is 918. The Morgan fingerprint density at radius 3 is 2.57 bits per heavy atom. The summed E-state index contributed by atoms with van der Waals surface area (Å²) in [5.41, 5.74) is 1.26. The van der Waals surface area contributed by atoms with Gasteiger partial charge in [-0.3, -0.25) is 9.59 Å². The maximum Gasteiger partial charge on any atom is 0.330 e. The van der Waals surface area contributed by atoms with Crippen LogP contribution in [0.25, 0.3) is 0 Å². The zero-order chi connectivity index (χ0) is 19.7. The molecule has 0 aliphatic carbocycles. The van der Waals surface area contributed by atoms with Crippen LogP contribution < -0.4 is 0 Å². The van der Waals surface area contributed by atoms with Crippen LogP contribution >= 0.6 is 11.8 Å². The van der Waals surface area contributed by atoms with E-state index in [2.05, 4.69) is 0 Å². The molecule has 0 spiro atoms. The van der Waals surface area contributed by atoms with Gasteiger partial charge >= 0.3 is 5.97 Å². The number of Topliss-reactive ketones (excluding diaryl/α,β-unsaturated/α-hetero) is 1. The standard InChI is InChI=1S/C21H18FNO4S/c22-16-8-6-14(7-9-16)18(24)12-27-20(26)17-13-28-21(11-10-19(25)23(17)21)15-4-2-1-3-5-15/h1-9,17H,10-13H2/t17-,21-/m0/s1. The molecule has 2 atom stereocenters. The average molecular weight is 399 g/mol. The number of carbonyl (C=O) groups excluding carboxylic acids is 3. The molecule has 2 heterocycles. The fraction of sp³-hybridized carbons (Fsp3) is 0.286. The highest BCUT2D eigenvalue weighted by Crippen LogP contribution is 2.54. The zero-order valence-corrected chi connectivity index (χ0v) is 15.8. The van der Waals surface area contributed by atoms with Crippen molar-refractivity contribution in [3.05, 3.63) is 71.5 Å². The van der Waals surface area contributed by atoms with Gasteiger partial charge in [0.1, 0.15) is 16.7 Å². The number of rotatable bonds is 5. The molecule has 2 aromatic rings. The lowest BCUT2D eigenvalue weighted by atomic mass is 10.0. The van der Waals surface area contributed by atoms with Crippen molar-refractivity contribution in [3.8, 4) is 0 Å². The number of fused-ring (bicyclic) bond motifs is 1. The van der Waals surface area contributed by atoms with Crippen LogP contribution in [0.15, 0.2) is 54.6 Å². The van der Waals surface area contributed by atoms with E-state index in [1.807, 2.05) is 30.3 Å². The van der Waals surface area contributed by atoms with Crippen molar-refractivity contribution >= 4 is 29.4 Å². The Labute approximate surface area is 165 Å². The second kappa shape index (κ2) is 7.39. The Hall–Kier alpha value is -2.67. The molecule has 144 valence electrons. The molecule has 2 aliphatic heterocycles. The number of ether oxygens (including phenoxy) is 1. The lowest BCUT2D eigenvalue weighted by Crippen LogP contribution is -2.47. The van der Waals surface area contributed by atoms with Gasteiger partial charge in [0.2, 0.25) is 5.91 Å². The fourth-order valence-electron chi connectivity index (χ4n) is 3.77. The van der Waals surface area contributed by atoms with E-state index >= 15 is 0 Å². The highest BCUT2D eigenvalue weighted by Gasteiger charge is 2.57. The summed E-state index contributed by atoms with van der Waals surface area (Å²) < 4.78 is 18.2. The second-order valence-corrected chi connectivity index (χ2v) is 8.08. The molecule has 0 radical (unpaired) electrons. The molecule has 1 amide bonds. The number of esters is 1. The van der Waals surface area contributed by atoms with Gasteiger partial charge in [0.25, 0.3) is 0 Å². The van der Waals surface area contributed by atoms with E-state index in [-0.39, 0.29) is 11.5 Å². The number of nitrogens with zero attached hydrogens (tertiary/aromatic N) is 1. The summed E-state index contributed by atoms with van der Waals surface area (Å²) in [6, 6.07) is 14.0. The molecule has 2 aliphatic rings. The van der Waals surface area contributed by atoms with Crippen LogP contribution in [0.2, 0.25) is 0 Å². The minimum atomic E-state index is -0.721. The van der Waals surface area contributed by atoms with Gasteiger partial charge in [-0.1, -0.05) is 30.3 Å². The van der Waals surface area contributed by atoms with Gasteiger partial charge in [-0.2, -0.15) is 0 Å². The molecular formula is C21H18FNO4S. The van der Waals surface area contributed by atoms with Gasteiger partial charge in [0.05, 0.1) is 0 Å². The first kappa shape index (κ1) is 18.7. The van der Waals surface area contributed by atoms with Crippen molar-refractivity contribution in [2.24, 2.45) is 0 Å². The van der Waals surface area contributed by atoms with E-state index in [0.717, 1.165) is 5.56 Å². The van der Waals surface area contributed by atoms with Gasteiger partial charge in [0.15, 0.2) is 12.4 Å². The lowest BCUT2D eigenvalue weighted by molar-refractivity contribution is -0.152. The molecule has 0 saturated carbocycles.